The number of allylic oxidation sites excluding steroid dienone is 1. The number of nitrogens with one attached hydrogen (secondary N) is 3. The van der Waals surface area contributed by atoms with Crippen molar-refractivity contribution in [2.75, 3.05) is 19.6 Å². The quantitative estimate of drug-likeness (QED) is 0.0172. The fourth-order valence-electron chi connectivity index (χ4n) is 7.74. The van der Waals surface area contributed by atoms with Gasteiger partial charge >= 0.3 is 5.97 Å². The van der Waals surface area contributed by atoms with Gasteiger partial charge in [-0.15, -0.1) is 30.0 Å². The first-order valence-corrected chi connectivity index (χ1v) is 28.9. The predicted octanol–water partition coefficient (Wildman–Crippen LogP) is 16.5. The van der Waals surface area contributed by atoms with Crippen molar-refractivity contribution >= 4 is 75.0 Å². The molecule has 6 N–H and O–H groups in total. The van der Waals surface area contributed by atoms with E-state index >= 15 is 0 Å². The summed E-state index contributed by atoms with van der Waals surface area (Å²) in [5, 5.41) is 69.6. The van der Waals surface area contributed by atoms with Crippen LogP contribution in [0.2, 0.25) is 0 Å². The Bertz CT molecular complexity index is 3830. The molecule has 0 heterocycles. The lowest BCUT2D eigenvalue weighted by atomic mass is 10.1. The van der Waals surface area contributed by atoms with E-state index in [2.05, 4.69) is 76.6 Å². The van der Waals surface area contributed by atoms with Crippen molar-refractivity contribution in [3.8, 4) is 11.5 Å². The van der Waals surface area contributed by atoms with Gasteiger partial charge in [0.2, 0.25) is 17.7 Å². The standard InChI is InChI=1S/C19H19N3O4.C19H21N3O2.C17H17N3O.C17H16N2O/c1-13-4-2-3-5-15(13)21-22-16-12-14(6-7-17(16)23)10-11-20-18(24)8-9-19(25)26;1-3-6-19(24)20-12-11-15-9-10-18(23)17(13-15)22-21-16-8-5-4-7-14(16)2;1-2-12-18-17(21)13-14-8-10-16(11-9-14)20-19-15-6-4-3-5-7-15;1-2-6-17(20)13-14-9-11-16(12-10-14)19-18-15-7-4-3-5-8-15/h2-9,12,23H,10-11H2,1H3,(H,20,24)(H,25,26);3-5,7-10,13,23H,1,6,11-12H2,2H3,(H,20,24);2-11H,1,12-13H2,(H,18,21);2-5,7-12H,1,6,13H2/b9-8-,22-21?;;;. The van der Waals surface area contributed by atoms with Crippen LogP contribution >= 0.6 is 0 Å². The molecular weight excluding hydrogens is 1150 g/mol. The summed E-state index contributed by atoms with van der Waals surface area (Å²) in [7, 11) is 0. The third-order valence-corrected chi connectivity index (χ3v) is 12.5. The molecule has 3 amide bonds. The number of azo groups is 4. The Hall–Kier alpha value is -11.7. The van der Waals surface area contributed by atoms with Gasteiger partial charge in [-0.25, -0.2) is 4.79 Å². The summed E-state index contributed by atoms with van der Waals surface area (Å²) < 4.78 is 0. The summed E-state index contributed by atoms with van der Waals surface area (Å²) in [6.45, 7) is 15.9. The Labute approximate surface area is 529 Å². The number of Topliss-reactive ketones (excluding diaryl/α,β-unsaturated/α-hetero) is 1. The van der Waals surface area contributed by atoms with Gasteiger partial charge in [-0.2, -0.15) is 30.7 Å². The number of hydrogen-bond donors (Lipinski definition) is 6. The van der Waals surface area contributed by atoms with Crippen molar-refractivity contribution in [2.24, 2.45) is 40.9 Å². The van der Waals surface area contributed by atoms with Gasteiger partial charge in [0.15, 0.2) is 0 Å². The Morgan fingerprint density at radius 2 is 0.813 bits per heavy atom. The van der Waals surface area contributed by atoms with Crippen LogP contribution in [0.5, 0.6) is 11.5 Å². The van der Waals surface area contributed by atoms with Gasteiger partial charge in [-0.1, -0.05) is 127 Å². The third-order valence-electron chi connectivity index (χ3n) is 12.5. The minimum atomic E-state index is -1.18. The maximum absolute atomic E-state index is 11.6. The Kier molecular flexibility index (Phi) is 30.7. The molecule has 8 rings (SSSR count). The molecule has 8 aromatic rings. The number of aromatic hydroxyl groups is 2. The van der Waals surface area contributed by atoms with E-state index in [1.54, 1.807) is 42.5 Å². The van der Waals surface area contributed by atoms with Gasteiger partial charge in [0.1, 0.15) is 28.7 Å². The van der Waals surface area contributed by atoms with Crippen LogP contribution in [0.4, 0.5) is 45.5 Å². The number of amides is 3. The summed E-state index contributed by atoms with van der Waals surface area (Å²) in [6.07, 6.45) is 9.25. The van der Waals surface area contributed by atoms with E-state index < -0.39 is 11.9 Å². The number of rotatable bonds is 26. The van der Waals surface area contributed by atoms with Crippen LogP contribution < -0.4 is 16.0 Å². The highest BCUT2D eigenvalue weighted by Gasteiger charge is 2.08. The highest BCUT2D eigenvalue weighted by molar-refractivity contribution is 5.93. The minimum absolute atomic E-state index is 0.0134. The van der Waals surface area contributed by atoms with Crippen LogP contribution in [0.15, 0.2) is 285 Å². The Morgan fingerprint density at radius 1 is 0.407 bits per heavy atom. The number of phenolic OH excluding ortho intramolecular Hbond substituents is 2. The molecule has 0 bridgehead atoms. The van der Waals surface area contributed by atoms with Gasteiger partial charge < -0.3 is 31.3 Å². The number of benzene rings is 8. The van der Waals surface area contributed by atoms with Crippen molar-refractivity contribution in [1.82, 2.24) is 16.0 Å². The largest absolute Gasteiger partial charge is 0.506 e. The van der Waals surface area contributed by atoms with Crippen LogP contribution in [0.1, 0.15) is 46.2 Å². The number of aliphatic carboxylic acids is 1. The van der Waals surface area contributed by atoms with Crippen LogP contribution in [-0.4, -0.2) is 64.4 Å². The molecular formula is C72H73N11O8. The number of carbonyl (C=O) groups excluding carboxylic acids is 4. The van der Waals surface area contributed by atoms with E-state index in [0.29, 0.717) is 69.5 Å². The van der Waals surface area contributed by atoms with E-state index in [1.165, 1.54) is 6.07 Å². The lowest BCUT2D eigenvalue weighted by Gasteiger charge is -2.06. The molecule has 0 unspecified atom stereocenters. The number of nitrogens with zero attached hydrogens (tertiary/aromatic N) is 8. The van der Waals surface area contributed by atoms with Gasteiger partial charge in [0, 0.05) is 51.0 Å². The monoisotopic (exact) mass is 1220 g/mol. The Morgan fingerprint density at radius 3 is 1.25 bits per heavy atom. The summed E-state index contributed by atoms with van der Waals surface area (Å²) >= 11 is 0. The molecule has 0 saturated heterocycles. The van der Waals surface area contributed by atoms with Crippen molar-refractivity contribution in [3.05, 3.63) is 278 Å². The lowest BCUT2D eigenvalue weighted by molar-refractivity contribution is -0.131. The van der Waals surface area contributed by atoms with Crippen molar-refractivity contribution < 1.29 is 39.3 Å². The van der Waals surface area contributed by atoms with Crippen LogP contribution in [0, 0.1) is 13.8 Å². The normalized spacial score (nSPS) is 10.7. The highest BCUT2D eigenvalue weighted by atomic mass is 16.4. The molecule has 0 atom stereocenters. The van der Waals surface area contributed by atoms with Gasteiger partial charge in [-0.05, 0) is 145 Å². The zero-order valence-electron chi connectivity index (χ0n) is 50.8. The molecule has 8 aromatic carbocycles. The topological polar surface area (TPSA) is 281 Å². The molecule has 19 nitrogen and oxygen atoms in total. The van der Waals surface area contributed by atoms with Gasteiger partial charge in [0.25, 0.3) is 0 Å². The zero-order chi connectivity index (χ0) is 65.4. The van der Waals surface area contributed by atoms with Gasteiger partial charge in [-0.3, -0.25) is 19.2 Å². The fourth-order valence-corrected chi connectivity index (χ4v) is 7.74. The summed E-state index contributed by atoms with van der Waals surface area (Å²) in [5.74, 6) is -1.48. The summed E-state index contributed by atoms with van der Waals surface area (Å²) in [5.41, 5.74) is 11.1. The molecule has 0 aliphatic rings. The highest BCUT2D eigenvalue weighted by Crippen LogP contribution is 2.32. The molecule has 0 radical (unpaired) electrons. The molecule has 0 spiro atoms. The second-order valence-corrected chi connectivity index (χ2v) is 19.8. The average molecular weight is 1220 g/mol. The number of aryl methyl sites for hydroxylation is 2. The van der Waals surface area contributed by atoms with E-state index in [9.17, 15) is 34.2 Å². The molecule has 0 aromatic heterocycles. The molecule has 0 saturated carbocycles. The number of ketones is 1. The third kappa shape index (κ3) is 28.1. The first-order valence-electron chi connectivity index (χ1n) is 28.9. The SMILES string of the molecule is C=CCC(=O)Cc1ccc(N=Nc2ccccc2)cc1.C=CCC(=O)NCCc1ccc(O)c(N=Nc2ccccc2C)c1.C=CCNC(=O)Cc1ccc(N=Nc2ccccc2)cc1.Cc1ccccc1N=Nc1cc(CCNC(=O)/C=C\C(=O)O)ccc1O. The van der Waals surface area contributed by atoms with E-state index in [4.69, 9.17) is 5.11 Å². The molecule has 464 valence electrons. The molecule has 91 heavy (non-hydrogen) atoms. The molecule has 0 aliphatic carbocycles. The van der Waals surface area contributed by atoms with Crippen molar-refractivity contribution in [1.29, 1.82) is 0 Å². The average Bonchev–Trinajstić information content (AvgIpc) is 3.17. The second-order valence-electron chi connectivity index (χ2n) is 19.8. The lowest BCUT2D eigenvalue weighted by Crippen LogP contribution is -2.24. The molecule has 19 heteroatoms. The van der Waals surface area contributed by atoms with E-state index in [1.807, 2.05) is 178 Å². The number of carboxylic acid groups (broad SMARTS) is 1. The van der Waals surface area contributed by atoms with Crippen LogP contribution in [0.3, 0.4) is 0 Å². The number of carbonyl (C=O) groups is 5. The number of phenols is 2. The van der Waals surface area contributed by atoms with E-state index in [-0.39, 0.29) is 29.1 Å². The summed E-state index contributed by atoms with van der Waals surface area (Å²) in [6, 6.07) is 59.4. The maximum atomic E-state index is 11.6. The summed E-state index contributed by atoms with van der Waals surface area (Å²) in [4.78, 5) is 56.2. The zero-order valence-corrected chi connectivity index (χ0v) is 50.8. The van der Waals surface area contributed by atoms with Crippen LogP contribution in [-0.2, 0) is 49.7 Å². The van der Waals surface area contributed by atoms with Gasteiger partial charge in [0.05, 0.1) is 40.5 Å². The van der Waals surface area contributed by atoms with E-state index in [0.717, 1.165) is 79.7 Å². The van der Waals surface area contributed by atoms with Crippen LogP contribution in [0.25, 0.3) is 0 Å². The first-order chi connectivity index (χ1) is 44.1. The fraction of sp³-hybridized carbons (Fsp3) is 0.153. The maximum Gasteiger partial charge on any atom is 0.328 e. The Balaban J connectivity index is 0.000000221. The number of hydrogen-bond acceptors (Lipinski definition) is 15. The number of carboxylic acids is 1. The molecule has 0 aliphatic heterocycles. The molecule has 0 fully saturated rings. The van der Waals surface area contributed by atoms with Crippen molar-refractivity contribution in [2.45, 2.75) is 52.4 Å². The predicted molar refractivity (Wildman–Crippen MR) is 356 cm³/mol. The smallest absolute Gasteiger partial charge is 0.328 e. The van der Waals surface area contributed by atoms with Crippen molar-refractivity contribution in [3.63, 3.8) is 0 Å². The second kappa shape index (κ2) is 39.9. The first kappa shape index (κ1) is 70.0. The minimum Gasteiger partial charge on any atom is -0.506 e.